The Morgan fingerprint density at radius 1 is 1.08 bits per heavy atom. The summed E-state index contributed by atoms with van der Waals surface area (Å²) in [5, 5.41) is 5.06. The topological polar surface area (TPSA) is 68.0 Å². The molecule has 1 unspecified atom stereocenters. The SMILES string of the molecule is CC1(N)CC(=O)Nc2nc(Cc3ccccc3)c3ccccc3c21. The number of fused-ring (bicyclic) bond motifs is 3. The van der Waals surface area contributed by atoms with Gasteiger partial charge in [-0.1, -0.05) is 54.6 Å². The molecule has 1 aliphatic heterocycles. The average molecular weight is 317 g/mol. The highest BCUT2D eigenvalue weighted by Crippen LogP contribution is 2.39. The minimum Gasteiger partial charge on any atom is -0.321 e. The van der Waals surface area contributed by atoms with E-state index in [1.54, 1.807) is 0 Å². The normalized spacial score (nSPS) is 19.8. The van der Waals surface area contributed by atoms with Crippen molar-refractivity contribution < 1.29 is 4.79 Å². The van der Waals surface area contributed by atoms with E-state index in [0.29, 0.717) is 12.2 Å². The van der Waals surface area contributed by atoms with Gasteiger partial charge < -0.3 is 11.1 Å². The number of nitrogens with one attached hydrogen (secondary N) is 1. The van der Waals surface area contributed by atoms with Crippen LogP contribution in [0.5, 0.6) is 0 Å². The van der Waals surface area contributed by atoms with Gasteiger partial charge in [-0.15, -0.1) is 0 Å². The predicted octanol–water partition coefficient (Wildman–Crippen LogP) is 3.34. The molecular weight excluding hydrogens is 298 g/mol. The third-order valence-corrected chi connectivity index (χ3v) is 4.56. The summed E-state index contributed by atoms with van der Waals surface area (Å²) >= 11 is 0. The van der Waals surface area contributed by atoms with Gasteiger partial charge in [0, 0.05) is 23.8 Å². The maximum absolute atomic E-state index is 12.0. The lowest BCUT2D eigenvalue weighted by atomic mass is 9.83. The zero-order chi connectivity index (χ0) is 16.7. The van der Waals surface area contributed by atoms with Gasteiger partial charge in [0.1, 0.15) is 5.82 Å². The first-order valence-electron chi connectivity index (χ1n) is 8.09. The molecule has 0 fully saturated rings. The molecular formula is C20H19N3O. The Bertz CT molecular complexity index is 932. The first kappa shape index (κ1) is 14.8. The Balaban J connectivity index is 1.95. The molecule has 0 aliphatic carbocycles. The van der Waals surface area contributed by atoms with Crippen LogP contribution in [-0.2, 0) is 16.8 Å². The molecule has 0 bridgehead atoms. The Labute approximate surface area is 140 Å². The number of carbonyl (C=O) groups is 1. The molecule has 4 heteroatoms. The summed E-state index contributed by atoms with van der Waals surface area (Å²) in [7, 11) is 0. The van der Waals surface area contributed by atoms with Crippen molar-refractivity contribution >= 4 is 22.5 Å². The van der Waals surface area contributed by atoms with Crippen molar-refractivity contribution in [1.29, 1.82) is 0 Å². The lowest BCUT2D eigenvalue weighted by Crippen LogP contribution is -2.42. The maximum atomic E-state index is 12.0. The number of nitrogens with zero attached hydrogens (tertiary/aromatic N) is 1. The lowest BCUT2D eigenvalue weighted by Gasteiger charge is -2.33. The van der Waals surface area contributed by atoms with E-state index in [2.05, 4.69) is 29.6 Å². The second-order valence-corrected chi connectivity index (χ2v) is 6.63. The van der Waals surface area contributed by atoms with Crippen LogP contribution in [0, 0.1) is 0 Å². The van der Waals surface area contributed by atoms with Crippen LogP contribution in [0.15, 0.2) is 54.6 Å². The van der Waals surface area contributed by atoms with Crippen LogP contribution < -0.4 is 11.1 Å². The van der Waals surface area contributed by atoms with E-state index in [9.17, 15) is 4.79 Å². The number of hydrogen-bond donors (Lipinski definition) is 2. The highest BCUT2D eigenvalue weighted by atomic mass is 16.1. The van der Waals surface area contributed by atoms with E-state index in [0.717, 1.165) is 22.0 Å². The van der Waals surface area contributed by atoms with Crippen LogP contribution in [0.3, 0.4) is 0 Å². The number of amides is 1. The van der Waals surface area contributed by atoms with Crippen molar-refractivity contribution in [2.24, 2.45) is 5.73 Å². The summed E-state index contributed by atoms with van der Waals surface area (Å²) < 4.78 is 0. The third kappa shape index (κ3) is 2.45. The summed E-state index contributed by atoms with van der Waals surface area (Å²) in [6.45, 7) is 1.90. The zero-order valence-corrected chi connectivity index (χ0v) is 13.5. The van der Waals surface area contributed by atoms with Crippen molar-refractivity contribution in [3.8, 4) is 0 Å². The Hall–Kier alpha value is -2.72. The van der Waals surface area contributed by atoms with Gasteiger partial charge in [0.2, 0.25) is 5.91 Å². The van der Waals surface area contributed by atoms with Crippen molar-refractivity contribution in [1.82, 2.24) is 4.98 Å². The first-order valence-corrected chi connectivity index (χ1v) is 8.09. The summed E-state index contributed by atoms with van der Waals surface area (Å²) in [5.74, 6) is 0.516. The number of hydrogen-bond acceptors (Lipinski definition) is 3. The van der Waals surface area contributed by atoms with Gasteiger partial charge in [-0.05, 0) is 17.9 Å². The molecule has 24 heavy (non-hydrogen) atoms. The molecule has 1 aliphatic rings. The Kier molecular flexibility index (Phi) is 3.36. The van der Waals surface area contributed by atoms with Crippen LogP contribution in [-0.4, -0.2) is 10.9 Å². The number of anilines is 1. The number of aromatic nitrogens is 1. The fourth-order valence-corrected chi connectivity index (χ4v) is 3.52. The monoisotopic (exact) mass is 317 g/mol. The fourth-order valence-electron chi connectivity index (χ4n) is 3.52. The van der Waals surface area contributed by atoms with Crippen LogP contribution in [0.1, 0.15) is 30.2 Å². The van der Waals surface area contributed by atoms with E-state index >= 15 is 0 Å². The highest BCUT2D eigenvalue weighted by Gasteiger charge is 2.35. The highest BCUT2D eigenvalue weighted by molar-refractivity contribution is 6.01. The molecule has 2 aromatic carbocycles. The lowest BCUT2D eigenvalue weighted by molar-refractivity contribution is -0.117. The average Bonchev–Trinajstić information content (AvgIpc) is 2.54. The van der Waals surface area contributed by atoms with Crippen molar-refractivity contribution in [3.05, 3.63) is 71.4 Å². The van der Waals surface area contributed by atoms with E-state index in [4.69, 9.17) is 10.7 Å². The number of carbonyl (C=O) groups excluding carboxylic acids is 1. The fraction of sp³-hybridized carbons (Fsp3) is 0.200. The van der Waals surface area contributed by atoms with Crippen LogP contribution in [0.25, 0.3) is 10.8 Å². The molecule has 120 valence electrons. The van der Waals surface area contributed by atoms with Gasteiger partial charge in [0.15, 0.2) is 0 Å². The van der Waals surface area contributed by atoms with Gasteiger partial charge in [-0.3, -0.25) is 4.79 Å². The molecule has 1 amide bonds. The molecule has 3 N–H and O–H groups in total. The molecule has 0 spiro atoms. The van der Waals surface area contributed by atoms with Gasteiger partial charge in [0.25, 0.3) is 0 Å². The molecule has 0 radical (unpaired) electrons. The summed E-state index contributed by atoms with van der Waals surface area (Å²) in [6.07, 6.45) is 0.982. The quantitative estimate of drug-likeness (QED) is 0.761. The van der Waals surface area contributed by atoms with E-state index in [1.165, 1.54) is 5.56 Å². The molecule has 4 rings (SSSR count). The van der Waals surface area contributed by atoms with Gasteiger partial charge in [-0.2, -0.15) is 0 Å². The number of rotatable bonds is 2. The van der Waals surface area contributed by atoms with E-state index < -0.39 is 5.54 Å². The maximum Gasteiger partial charge on any atom is 0.227 e. The molecule has 0 saturated carbocycles. The molecule has 2 heterocycles. The number of pyridine rings is 1. The van der Waals surface area contributed by atoms with Crippen molar-refractivity contribution in [2.75, 3.05) is 5.32 Å². The van der Waals surface area contributed by atoms with Crippen LogP contribution >= 0.6 is 0 Å². The third-order valence-electron chi connectivity index (χ3n) is 4.56. The summed E-state index contributed by atoms with van der Waals surface area (Å²) in [6, 6.07) is 18.4. The smallest absolute Gasteiger partial charge is 0.227 e. The molecule has 1 atom stereocenters. The second-order valence-electron chi connectivity index (χ2n) is 6.63. The van der Waals surface area contributed by atoms with Gasteiger partial charge >= 0.3 is 0 Å². The van der Waals surface area contributed by atoms with Crippen molar-refractivity contribution in [3.63, 3.8) is 0 Å². The van der Waals surface area contributed by atoms with E-state index in [-0.39, 0.29) is 12.3 Å². The van der Waals surface area contributed by atoms with Gasteiger partial charge in [-0.25, -0.2) is 4.98 Å². The summed E-state index contributed by atoms with van der Waals surface area (Å²) in [5.41, 5.74) is 8.80. The van der Waals surface area contributed by atoms with Crippen LogP contribution in [0.2, 0.25) is 0 Å². The molecule has 4 nitrogen and oxygen atoms in total. The number of nitrogens with two attached hydrogens (primary N) is 1. The molecule has 0 saturated heterocycles. The minimum absolute atomic E-state index is 0.0825. The predicted molar refractivity (Wildman–Crippen MR) is 95.8 cm³/mol. The summed E-state index contributed by atoms with van der Waals surface area (Å²) in [4.78, 5) is 16.8. The standard InChI is InChI=1S/C20H19N3O/c1-20(21)12-17(24)23-19-18(20)15-10-6-5-9-14(15)16(22-19)11-13-7-3-2-4-8-13/h2-10H,11-12,21H2,1H3,(H,22,23,24). The Morgan fingerprint density at radius 3 is 2.50 bits per heavy atom. The van der Waals surface area contributed by atoms with Crippen LogP contribution in [0.4, 0.5) is 5.82 Å². The first-order chi connectivity index (χ1) is 11.5. The number of benzene rings is 2. The zero-order valence-electron chi connectivity index (χ0n) is 13.5. The molecule has 3 aromatic rings. The molecule has 1 aromatic heterocycles. The van der Waals surface area contributed by atoms with Crippen molar-refractivity contribution in [2.45, 2.75) is 25.3 Å². The second kappa shape index (κ2) is 5.42. The van der Waals surface area contributed by atoms with Gasteiger partial charge in [0.05, 0.1) is 11.2 Å². The largest absolute Gasteiger partial charge is 0.321 e. The minimum atomic E-state index is -0.713. The Morgan fingerprint density at radius 2 is 1.75 bits per heavy atom. The van der Waals surface area contributed by atoms with E-state index in [1.807, 2.05) is 37.3 Å².